The third-order valence-corrected chi connectivity index (χ3v) is 7.84. The monoisotopic (exact) mass is 296 g/mol. The van der Waals surface area contributed by atoms with E-state index >= 15 is 0 Å². The van der Waals surface area contributed by atoms with Gasteiger partial charge in [0.15, 0.2) is 0 Å². The number of hydrogen-bond donors (Lipinski definition) is 0. The lowest BCUT2D eigenvalue weighted by molar-refractivity contribution is 0.418. The summed E-state index contributed by atoms with van der Waals surface area (Å²) in [7, 11) is -0.0758. The maximum atomic E-state index is 2.73. The number of hydrogen-bond acceptors (Lipinski definition) is 0. The molecule has 0 N–H and O–H groups in total. The maximum absolute atomic E-state index is 2.73. The zero-order chi connectivity index (χ0) is 15.4. The first-order valence-electron chi connectivity index (χ1n) is 8.67. The Morgan fingerprint density at radius 1 is 0.950 bits per heavy atom. The number of rotatable bonds is 4. The average Bonchev–Trinajstić information content (AvgIpc) is 2.26. The Kier molecular flexibility index (Phi) is 6.78. The van der Waals surface area contributed by atoms with Gasteiger partial charge in [0.2, 0.25) is 0 Å². The molecule has 1 aliphatic rings. The first kappa shape index (κ1) is 18.2. The van der Waals surface area contributed by atoms with Crippen molar-refractivity contribution >= 4 is 7.92 Å². The molecule has 1 aliphatic carbocycles. The highest BCUT2D eigenvalue weighted by Gasteiger charge is 2.36. The Morgan fingerprint density at radius 2 is 1.45 bits per heavy atom. The molecular formula is C19H37P. The maximum Gasteiger partial charge on any atom is -0.0138 e. The fourth-order valence-corrected chi connectivity index (χ4v) is 8.51. The van der Waals surface area contributed by atoms with Gasteiger partial charge in [0.25, 0.3) is 0 Å². The predicted molar refractivity (Wildman–Crippen MR) is 96.0 cm³/mol. The standard InChI is InChI=1S/C19H37P/c1-8-12-17(15-16-13-10-9-11-14-16)20(18(2,3)4)19(5,6)7/h15-16H,8-14H2,1-7H3. The lowest BCUT2D eigenvalue weighted by Crippen LogP contribution is -2.26. The van der Waals surface area contributed by atoms with Crippen LogP contribution in [0.5, 0.6) is 0 Å². The molecule has 20 heavy (non-hydrogen) atoms. The minimum absolute atomic E-state index is 0.0758. The van der Waals surface area contributed by atoms with E-state index in [9.17, 15) is 0 Å². The summed E-state index contributed by atoms with van der Waals surface area (Å²) in [6, 6.07) is 0. The van der Waals surface area contributed by atoms with Gasteiger partial charge >= 0.3 is 0 Å². The van der Waals surface area contributed by atoms with Gasteiger partial charge in [-0.05, 0) is 40.8 Å². The molecule has 1 saturated carbocycles. The van der Waals surface area contributed by atoms with Gasteiger partial charge in [-0.15, -0.1) is 0 Å². The van der Waals surface area contributed by atoms with Crippen LogP contribution in [0.25, 0.3) is 0 Å². The molecule has 1 heteroatoms. The Bertz CT molecular complexity index is 294. The molecule has 0 aliphatic heterocycles. The van der Waals surface area contributed by atoms with Crippen LogP contribution >= 0.6 is 7.92 Å². The van der Waals surface area contributed by atoms with Crippen molar-refractivity contribution in [1.82, 2.24) is 0 Å². The minimum Gasteiger partial charge on any atom is -0.0777 e. The largest absolute Gasteiger partial charge is 0.0777 e. The second-order valence-corrected chi connectivity index (χ2v) is 12.4. The first-order valence-corrected chi connectivity index (χ1v) is 10.0. The van der Waals surface area contributed by atoms with Crippen molar-refractivity contribution in [2.75, 3.05) is 0 Å². The first-order chi connectivity index (χ1) is 9.16. The Hall–Kier alpha value is 0.170. The third kappa shape index (κ3) is 5.51. The second kappa shape index (κ2) is 7.44. The molecule has 0 amide bonds. The molecule has 1 rings (SSSR count). The molecule has 0 radical (unpaired) electrons. The SMILES string of the molecule is CCCC(=CC1CCCCC1)P(C(C)(C)C)C(C)(C)C. The summed E-state index contributed by atoms with van der Waals surface area (Å²) in [6.07, 6.45) is 12.6. The van der Waals surface area contributed by atoms with Gasteiger partial charge < -0.3 is 0 Å². The van der Waals surface area contributed by atoms with Gasteiger partial charge in [0.1, 0.15) is 0 Å². The highest BCUT2D eigenvalue weighted by Crippen LogP contribution is 2.66. The van der Waals surface area contributed by atoms with Crippen molar-refractivity contribution in [1.29, 1.82) is 0 Å². The zero-order valence-electron chi connectivity index (χ0n) is 15.1. The van der Waals surface area contributed by atoms with Crippen molar-refractivity contribution in [3.05, 3.63) is 11.4 Å². The highest BCUT2D eigenvalue weighted by molar-refractivity contribution is 7.65. The van der Waals surface area contributed by atoms with Crippen LogP contribution in [0.4, 0.5) is 0 Å². The lowest BCUT2D eigenvalue weighted by atomic mass is 9.89. The molecule has 0 nitrogen and oxygen atoms in total. The van der Waals surface area contributed by atoms with Gasteiger partial charge in [-0.3, -0.25) is 0 Å². The van der Waals surface area contributed by atoms with Crippen molar-refractivity contribution in [2.24, 2.45) is 5.92 Å². The van der Waals surface area contributed by atoms with E-state index in [1.54, 1.807) is 0 Å². The zero-order valence-corrected chi connectivity index (χ0v) is 15.9. The Balaban J connectivity index is 3.04. The molecule has 0 aromatic rings. The quantitative estimate of drug-likeness (QED) is 0.476. The van der Waals surface area contributed by atoms with Crippen molar-refractivity contribution < 1.29 is 0 Å². The van der Waals surface area contributed by atoms with Gasteiger partial charge in [-0.1, -0.05) is 88.1 Å². The molecule has 0 spiro atoms. The third-order valence-electron chi connectivity index (χ3n) is 4.21. The highest BCUT2D eigenvalue weighted by atomic mass is 31.1. The molecule has 0 saturated heterocycles. The Labute approximate surface area is 129 Å². The van der Waals surface area contributed by atoms with E-state index in [2.05, 4.69) is 54.5 Å². The molecule has 0 heterocycles. The van der Waals surface area contributed by atoms with Crippen LogP contribution in [-0.4, -0.2) is 10.3 Å². The minimum atomic E-state index is -0.0758. The van der Waals surface area contributed by atoms with E-state index in [0.717, 1.165) is 5.92 Å². The smallest absolute Gasteiger partial charge is 0.0138 e. The van der Waals surface area contributed by atoms with Crippen LogP contribution in [0.2, 0.25) is 0 Å². The molecule has 1 fully saturated rings. The van der Waals surface area contributed by atoms with Gasteiger partial charge in [0.05, 0.1) is 0 Å². The van der Waals surface area contributed by atoms with Crippen molar-refractivity contribution in [3.8, 4) is 0 Å². The summed E-state index contributed by atoms with van der Waals surface area (Å²) in [5.41, 5.74) is 0. The molecule has 0 atom stereocenters. The van der Waals surface area contributed by atoms with Crippen LogP contribution in [0.15, 0.2) is 11.4 Å². The van der Waals surface area contributed by atoms with Crippen LogP contribution in [0, 0.1) is 5.92 Å². The summed E-state index contributed by atoms with van der Waals surface area (Å²) < 4.78 is 0. The lowest BCUT2D eigenvalue weighted by Gasteiger charge is -2.43. The molecule has 118 valence electrons. The van der Waals surface area contributed by atoms with Crippen molar-refractivity contribution in [3.63, 3.8) is 0 Å². The predicted octanol–water partition coefficient (Wildman–Crippen LogP) is 7.33. The summed E-state index contributed by atoms with van der Waals surface area (Å²) >= 11 is 0. The summed E-state index contributed by atoms with van der Waals surface area (Å²) in [4.78, 5) is 0. The molecule has 0 bridgehead atoms. The van der Waals surface area contributed by atoms with Crippen LogP contribution in [0.1, 0.15) is 93.4 Å². The fraction of sp³-hybridized carbons (Fsp3) is 0.895. The summed E-state index contributed by atoms with van der Waals surface area (Å²) in [5, 5.41) is 2.65. The van der Waals surface area contributed by atoms with E-state index in [4.69, 9.17) is 0 Å². The molecular weight excluding hydrogens is 259 g/mol. The molecule has 0 unspecified atom stereocenters. The average molecular weight is 296 g/mol. The topological polar surface area (TPSA) is 0 Å². The van der Waals surface area contributed by atoms with E-state index < -0.39 is 0 Å². The van der Waals surface area contributed by atoms with Gasteiger partial charge in [-0.25, -0.2) is 0 Å². The summed E-state index contributed by atoms with van der Waals surface area (Å²) in [5.74, 6) is 0.875. The van der Waals surface area contributed by atoms with E-state index in [1.807, 2.05) is 5.31 Å². The van der Waals surface area contributed by atoms with E-state index in [-0.39, 0.29) is 7.92 Å². The molecule has 0 aromatic heterocycles. The summed E-state index contributed by atoms with van der Waals surface area (Å²) in [6.45, 7) is 17.1. The van der Waals surface area contributed by atoms with Crippen LogP contribution in [-0.2, 0) is 0 Å². The second-order valence-electron chi connectivity index (χ2n) is 8.48. The number of allylic oxidation sites excluding steroid dienone is 2. The Morgan fingerprint density at radius 3 is 1.85 bits per heavy atom. The molecule has 0 aromatic carbocycles. The van der Waals surface area contributed by atoms with E-state index in [0.29, 0.717) is 10.3 Å². The van der Waals surface area contributed by atoms with Gasteiger partial charge in [0, 0.05) is 0 Å². The van der Waals surface area contributed by atoms with Gasteiger partial charge in [-0.2, -0.15) is 0 Å². The normalized spacial score (nSPS) is 19.7. The fourth-order valence-electron chi connectivity index (χ4n) is 3.97. The van der Waals surface area contributed by atoms with Crippen molar-refractivity contribution in [2.45, 2.75) is 104 Å². The van der Waals surface area contributed by atoms with Crippen LogP contribution < -0.4 is 0 Å². The van der Waals surface area contributed by atoms with Crippen LogP contribution in [0.3, 0.4) is 0 Å². The van der Waals surface area contributed by atoms with E-state index in [1.165, 1.54) is 44.9 Å².